The van der Waals surface area contributed by atoms with Gasteiger partial charge in [0.05, 0.1) is 6.61 Å². The van der Waals surface area contributed by atoms with Crippen LogP contribution in [0.25, 0.3) is 0 Å². The summed E-state index contributed by atoms with van der Waals surface area (Å²) in [6.45, 7) is 0.583. The minimum Gasteiger partial charge on any atom is -0.393 e. The van der Waals surface area contributed by atoms with Gasteiger partial charge in [-0.15, -0.1) is 0 Å². The molecule has 102 valence electrons. The first-order valence-electron chi connectivity index (χ1n) is 4.93. The SMILES string of the molecule is CC(O)(CO)CNc1cc(C(F)(F)F)nc(N)n1. The van der Waals surface area contributed by atoms with Gasteiger partial charge in [-0.1, -0.05) is 0 Å². The summed E-state index contributed by atoms with van der Waals surface area (Å²) >= 11 is 0. The number of hydrogen-bond acceptors (Lipinski definition) is 6. The van der Waals surface area contributed by atoms with E-state index in [1.807, 2.05) is 0 Å². The summed E-state index contributed by atoms with van der Waals surface area (Å²) in [6, 6.07) is 0.670. The summed E-state index contributed by atoms with van der Waals surface area (Å²) in [5.41, 5.74) is 2.50. The molecule has 0 aliphatic carbocycles. The van der Waals surface area contributed by atoms with Crippen molar-refractivity contribution in [1.82, 2.24) is 9.97 Å². The Morgan fingerprint density at radius 1 is 1.39 bits per heavy atom. The number of aliphatic hydroxyl groups is 2. The zero-order valence-corrected chi connectivity index (χ0v) is 9.49. The molecule has 1 aromatic heterocycles. The van der Waals surface area contributed by atoms with Gasteiger partial charge in [0.1, 0.15) is 11.4 Å². The molecule has 1 atom stereocenters. The average molecular weight is 266 g/mol. The summed E-state index contributed by atoms with van der Waals surface area (Å²) < 4.78 is 37.3. The standard InChI is InChI=1S/C9H13F3N4O2/c1-8(18,4-17)3-14-6-2-5(9(10,11)12)15-7(13)16-6/h2,17-18H,3-4H2,1H3,(H3,13,14,15,16). The van der Waals surface area contributed by atoms with Crippen molar-refractivity contribution in [3.8, 4) is 0 Å². The maximum absolute atomic E-state index is 12.4. The van der Waals surface area contributed by atoms with Crippen LogP contribution in [0.15, 0.2) is 6.07 Å². The molecule has 1 unspecified atom stereocenters. The molecule has 0 saturated carbocycles. The molecule has 1 rings (SSSR count). The van der Waals surface area contributed by atoms with Gasteiger partial charge in [-0.2, -0.15) is 18.2 Å². The maximum atomic E-state index is 12.4. The topological polar surface area (TPSA) is 104 Å². The second-order valence-corrected chi connectivity index (χ2v) is 4.00. The third kappa shape index (κ3) is 4.00. The van der Waals surface area contributed by atoms with Crippen LogP contribution in [0.5, 0.6) is 0 Å². The molecule has 18 heavy (non-hydrogen) atoms. The summed E-state index contributed by atoms with van der Waals surface area (Å²) in [7, 11) is 0. The van der Waals surface area contributed by atoms with Gasteiger partial charge in [-0.25, -0.2) is 4.98 Å². The molecular weight excluding hydrogens is 253 g/mol. The van der Waals surface area contributed by atoms with E-state index < -0.39 is 30.0 Å². The Balaban J connectivity index is 2.88. The van der Waals surface area contributed by atoms with Crippen LogP contribution in [0.4, 0.5) is 24.9 Å². The lowest BCUT2D eigenvalue weighted by Gasteiger charge is -2.21. The van der Waals surface area contributed by atoms with Crippen molar-refractivity contribution >= 4 is 11.8 Å². The maximum Gasteiger partial charge on any atom is 0.433 e. The van der Waals surface area contributed by atoms with E-state index in [1.54, 1.807) is 0 Å². The Hall–Kier alpha value is -1.61. The first kappa shape index (κ1) is 14.5. The first-order chi connectivity index (χ1) is 8.14. The van der Waals surface area contributed by atoms with Gasteiger partial charge >= 0.3 is 6.18 Å². The van der Waals surface area contributed by atoms with Gasteiger partial charge < -0.3 is 21.3 Å². The van der Waals surface area contributed by atoms with Crippen LogP contribution in [0, 0.1) is 0 Å². The number of hydrogen-bond donors (Lipinski definition) is 4. The van der Waals surface area contributed by atoms with Crippen LogP contribution in [0.3, 0.4) is 0 Å². The van der Waals surface area contributed by atoms with Crippen molar-refractivity contribution in [3.63, 3.8) is 0 Å². The van der Waals surface area contributed by atoms with Crippen molar-refractivity contribution in [1.29, 1.82) is 0 Å². The van der Waals surface area contributed by atoms with E-state index in [2.05, 4.69) is 15.3 Å². The molecule has 0 aliphatic heterocycles. The average Bonchev–Trinajstić information content (AvgIpc) is 2.25. The van der Waals surface area contributed by atoms with Gasteiger partial charge in [0.15, 0.2) is 5.69 Å². The second-order valence-electron chi connectivity index (χ2n) is 4.00. The normalized spacial score (nSPS) is 15.2. The summed E-state index contributed by atoms with van der Waals surface area (Å²) in [4.78, 5) is 6.61. The molecule has 1 heterocycles. The smallest absolute Gasteiger partial charge is 0.393 e. The molecule has 0 bridgehead atoms. The number of aromatic nitrogens is 2. The number of aliphatic hydroxyl groups excluding tert-OH is 1. The van der Waals surface area contributed by atoms with Crippen LogP contribution in [-0.4, -0.2) is 38.9 Å². The molecule has 0 amide bonds. The van der Waals surface area contributed by atoms with Gasteiger partial charge in [-0.3, -0.25) is 0 Å². The summed E-state index contributed by atoms with van der Waals surface area (Å²) in [6.07, 6.45) is -4.63. The Morgan fingerprint density at radius 3 is 2.50 bits per heavy atom. The molecular formula is C9H13F3N4O2. The number of nitrogens with two attached hydrogens (primary N) is 1. The van der Waals surface area contributed by atoms with Crippen LogP contribution >= 0.6 is 0 Å². The molecule has 0 spiro atoms. The Labute approximate surface area is 101 Å². The fourth-order valence-electron chi connectivity index (χ4n) is 1.04. The van der Waals surface area contributed by atoms with Gasteiger partial charge in [0, 0.05) is 12.6 Å². The van der Waals surface area contributed by atoms with Crippen molar-refractivity contribution in [2.45, 2.75) is 18.7 Å². The zero-order chi connectivity index (χ0) is 14.0. The third-order valence-corrected chi connectivity index (χ3v) is 2.02. The van der Waals surface area contributed by atoms with E-state index in [0.29, 0.717) is 6.07 Å². The summed E-state index contributed by atoms with van der Waals surface area (Å²) in [5, 5.41) is 20.7. The Bertz CT molecular complexity index is 423. The molecule has 0 aliphatic rings. The predicted octanol–water partition coefficient (Wildman–Crippen LogP) is 0.233. The highest BCUT2D eigenvalue weighted by Crippen LogP contribution is 2.29. The lowest BCUT2D eigenvalue weighted by molar-refractivity contribution is -0.141. The van der Waals surface area contributed by atoms with Crippen LogP contribution < -0.4 is 11.1 Å². The van der Waals surface area contributed by atoms with E-state index in [9.17, 15) is 18.3 Å². The molecule has 1 aromatic rings. The van der Waals surface area contributed by atoms with Crippen LogP contribution in [0.1, 0.15) is 12.6 Å². The van der Waals surface area contributed by atoms with E-state index in [1.165, 1.54) is 6.92 Å². The highest BCUT2D eigenvalue weighted by molar-refractivity contribution is 5.41. The second kappa shape index (κ2) is 4.94. The quantitative estimate of drug-likeness (QED) is 0.622. The van der Waals surface area contributed by atoms with E-state index in [-0.39, 0.29) is 12.4 Å². The van der Waals surface area contributed by atoms with Gasteiger partial charge in [0.2, 0.25) is 5.95 Å². The predicted molar refractivity (Wildman–Crippen MR) is 57.6 cm³/mol. The summed E-state index contributed by atoms with van der Waals surface area (Å²) in [5.74, 6) is -0.709. The highest BCUT2D eigenvalue weighted by atomic mass is 19.4. The molecule has 0 aromatic carbocycles. The molecule has 6 nitrogen and oxygen atoms in total. The monoisotopic (exact) mass is 266 g/mol. The molecule has 9 heteroatoms. The highest BCUT2D eigenvalue weighted by Gasteiger charge is 2.33. The van der Waals surface area contributed by atoms with Crippen LogP contribution in [0.2, 0.25) is 0 Å². The van der Waals surface area contributed by atoms with E-state index >= 15 is 0 Å². The number of anilines is 2. The van der Waals surface area contributed by atoms with Crippen molar-refractivity contribution in [2.75, 3.05) is 24.2 Å². The van der Waals surface area contributed by atoms with Crippen LogP contribution in [-0.2, 0) is 6.18 Å². The molecule has 5 N–H and O–H groups in total. The number of nitrogen functional groups attached to an aromatic ring is 1. The number of rotatable bonds is 4. The number of alkyl halides is 3. The lowest BCUT2D eigenvalue weighted by Crippen LogP contribution is -2.37. The third-order valence-electron chi connectivity index (χ3n) is 2.02. The Kier molecular flexibility index (Phi) is 3.97. The fraction of sp³-hybridized carbons (Fsp3) is 0.556. The van der Waals surface area contributed by atoms with E-state index in [4.69, 9.17) is 10.8 Å². The molecule has 0 fully saturated rings. The Morgan fingerprint density at radius 2 is 2.00 bits per heavy atom. The largest absolute Gasteiger partial charge is 0.433 e. The van der Waals surface area contributed by atoms with Gasteiger partial charge in [-0.05, 0) is 6.92 Å². The van der Waals surface area contributed by atoms with Crippen molar-refractivity contribution in [3.05, 3.63) is 11.8 Å². The molecule has 0 radical (unpaired) electrons. The van der Waals surface area contributed by atoms with Crippen molar-refractivity contribution < 1.29 is 23.4 Å². The lowest BCUT2D eigenvalue weighted by atomic mass is 10.1. The minimum absolute atomic E-state index is 0.177. The zero-order valence-electron chi connectivity index (χ0n) is 9.49. The number of nitrogens with one attached hydrogen (secondary N) is 1. The number of halogens is 3. The number of nitrogens with zero attached hydrogens (tertiary/aromatic N) is 2. The minimum atomic E-state index is -4.63. The fourth-order valence-corrected chi connectivity index (χ4v) is 1.04. The molecule has 0 saturated heterocycles. The van der Waals surface area contributed by atoms with E-state index in [0.717, 1.165) is 0 Å². The first-order valence-corrected chi connectivity index (χ1v) is 4.93. The van der Waals surface area contributed by atoms with Gasteiger partial charge in [0.25, 0.3) is 0 Å². The van der Waals surface area contributed by atoms with Crippen molar-refractivity contribution in [2.24, 2.45) is 0 Å².